The first-order valence-corrected chi connectivity index (χ1v) is 10.1. The zero-order chi connectivity index (χ0) is 23.3. The monoisotopic (exact) mass is 433 g/mol. The van der Waals surface area contributed by atoms with Crippen LogP contribution in [0.1, 0.15) is 21.7 Å². The molecule has 1 heterocycles. The van der Waals surface area contributed by atoms with Gasteiger partial charge in [0.25, 0.3) is 5.91 Å². The zero-order valence-electron chi connectivity index (χ0n) is 18.8. The van der Waals surface area contributed by atoms with Gasteiger partial charge in [-0.2, -0.15) is 0 Å². The van der Waals surface area contributed by atoms with Gasteiger partial charge in [-0.3, -0.25) is 10.1 Å². The van der Waals surface area contributed by atoms with Crippen LogP contribution in [0.2, 0.25) is 0 Å². The smallest absolute Gasteiger partial charge is 0.324 e. The average molecular weight is 434 g/mol. The minimum Gasteiger partial charge on any atom is -0.378 e. The summed E-state index contributed by atoms with van der Waals surface area (Å²) in [4.78, 5) is 35.6. The van der Waals surface area contributed by atoms with Crippen LogP contribution in [0.5, 0.6) is 0 Å². The van der Waals surface area contributed by atoms with E-state index in [1.165, 1.54) is 0 Å². The summed E-state index contributed by atoms with van der Waals surface area (Å²) in [5.74, 6) is 1.22. The van der Waals surface area contributed by atoms with Gasteiger partial charge in [-0.1, -0.05) is 12.1 Å². The molecule has 2 aromatic carbocycles. The minimum absolute atomic E-state index is 0.269. The van der Waals surface area contributed by atoms with Crippen molar-refractivity contribution in [2.45, 2.75) is 13.8 Å². The van der Waals surface area contributed by atoms with Gasteiger partial charge in [-0.15, -0.1) is 0 Å². The Labute approximate surface area is 187 Å². The van der Waals surface area contributed by atoms with Gasteiger partial charge in [0, 0.05) is 49.8 Å². The summed E-state index contributed by atoms with van der Waals surface area (Å²) in [6.07, 6.45) is 0. The molecule has 0 aliphatic heterocycles. The third kappa shape index (κ3) is 5.72. The maximum Gasteiger partial charge on any atom is 0.324 e. The number of aromatic nitrogens is 2. The molecule has 0 radical (unpaired) electrons. The Kier molecular flexibility index (Phi) is 6.89. The number of hydrogen-bond acceptors (Lipinski definition) is 6. The van der Waals surface area contributed by atoms with Crippen LogP contribution in [-0.2, 0) is 0 Å². The van der Waals surface area contributed by atoms with E-state index in [4.69, 9.17) is 0 Å². The molecule has 0 saturated carbocycles. The molecule has 0 aliphatic rings. The molecule has 0 fully saturated rings. The van der Waals surface area contributed by atoms with Crippen molar-refractivity contribution < 1.29 is 9.59 Å². The lowest BCUT2D eigenvalue weighted by Crippen LogP contribution is -2.21. The Morgan fingerprint density at radius 2 is 1.62 bits per heavy atom. The molecule has 1 aromatic heterocycles. The molecule has 32 heavy (non-hydrogen) atoms. The number of nitrogens with zero attached hydrogens (tertiary/aromatic N) is 3. The van der Waals surface area contributed by atoms with Crippen molar-refractivity contribution in [2.24, 2.45) is 0 Å². The Morgan fingerprint density at radius 1 is 0.875 bits per heavy atom. The molecule has 0 atom stereocenters. The molecule has 9 nitrogen and oxygen atoms in total. The molecule has 9 heteroatoms. The Balaban J connectivity index is 1.72. The summed E-state index contributed by atoms with van der Waals surface area (Å²) in [6.45, 7) is 3.59. The van der Waals surface area contributed by atoms with Gasteiger partial charge < -0.3 is 20.9 Å². The van der Waals surface area contributed by atoms with Crippen molar-refractivity contribution in [3.8, 4) is 0 Å². The molecular weight excluding hydrogens is 406 g/mol. The van der Waals surface area contributed by atoms with Gasteiger partial charge in [0.1, 0.15) is 17.5 Å². The van der Waals surface area contributed by atoms with Gasteiger partial charge in [0.2, 0.25) is 0 Å². The number of amides is 3. The number of urea groups is 1. The highest BCUT2D eigenvalue weighted by atomic mass is 16.2. The van der Waals surface area contributed by atoms with E-state index >= 15 is 0 Å². The normalized spacial score (nSPS) is 10.3. The standard InChI is InChI=1S/C23H27N7O2/c1-14-9-10-16(22(31)27-17-7-6-8-18(12-17)30(4)5)11-19(14)28-23(32)29-21-13-20(24-3)25-15(2)26-21/h6-13H,1-5H3,(H,27,31)(H3,24,25,26,28,29,32). The lowest BCUT2D eigenvalue weighted by Gasteiger charge is -2.15. The van der Waals surface area contributed by atoms with Crippen molar-refractivity contribution in [1.29, 1.82) is 0 Å². The summed E-state index contributed by atoms with van der Waals surface area (Å²) in [5, 5.41) is 11.3. The second kappa shape index (κ2) is 9.78. The quantitative estimate of drug-likeness (QED) is 0.466. The number of nitrogens with one attached hydrogen (secondary N) is 4. The fraction of sp³-hybridized carbons (Fsp3) is 0.217. The SMILES string of the molecule is CNc1cc(NC(=O)Nc2cc(C(=O)Nc3cccc(N(C)C)c3)ccc2C)nc(C)n1. The first kappa shape index (κ1) is 22.5. The maximum atomic E-state index is 12.8. The van der Waals surface area contributed by atoms with E-state index in [0.717, 1.165) is 11.3 Å². The predicted octanol–water partition coefficient (Wildman–Crippen LogP) is 4.10. The number of benzene rings is 2. The van der Waals surface area contributed by atoms with E-state index < -0.39 is 6.03 Å². The topological polar surface area (TPSA) is 111 Å². The predicted molar refractivity (Wildman–Crippen MR) is 129 cm³/mol. The summed E-state index contributed by atoms with van der Waals surface area (Å²) in [5.41, 5.74) is 3.44. The van der Waals surface area contributed by atoms with Crippen LogP contribution >= 0.6 is 0 Å². The lowest BCUT2D eigenvalue weighted by molar-refractivity contribution is 0.102. The van der Waals surface area contributed by atoms with Gasteiger partial charge in [0.05, 0.1) is 0 Å². The molecule has 166 valence electrons. The van der Waals surface area contributed by atoms with E-state index in [9.17, 15) is 9.59 Å². The number of rotatable bonds is 6. The molecule has 3 aromatic rings. The maximum absolute atomic E-state index is 12.8. The van der Waals surface area contributed by atoms with Crippen molar-refractivity contribution in [3.63, 3.8) is 0 Å². The van der Waals surface area contributed by atoms with E-state index in [1.807, 2.05) is 50.2 Å². The number of hydrogen-bond donors (Lipinski definition) is 4. The van der Waals surface area contributed by atoms with E-state index in [-0.39, 0.29) is 5.91 Å². The zero-order valence-corrected chi connectivity index (χ0v) is 18.8. The first-order chi connectivity index (χ1) is 15.2. The highest BCUT2D eigenvalue weighted by Crippen LogP contribution is 2.21. The summed E-state index contributed by atoms with van der Waals surface area (Å²) < 4.78 is 0. The number of anilines is 5. The second-order valence-corrected chi connectivity index (χ2v) is 7.44. The first-order valence-electron chi connectivity index (χ1n) is 10.1. The fourth-order valence-electron chi connectivity index (χ4n) is 2.99. The molecule has 3 amide bonds. The van der Waals surface area contributed by atoms with Crippen LogP contribution in [0.25, 0.3) is 0 Å². The second-order valence-electron chi connectivity index (χ2n) is 7.44. The van der Waals surface area contributed by atoms with Gasteiger partial charge in [-0.25, -0.2) is 14.8 Å². The molecule has 0 unspecified atom stereocenters. The fourth-order valence-corrected chi connectivity index (χ4v) is 2.99. The van der Waals surface area contributed by atoms with E-state index in [2.05, 4.69) is 31.2 Å². The van der Waals surface area contributed by atoms with Crippen molar-refractivity contribution in [2.75, 3.05) is 47.3 Å². The highest BCUT2D eigenvalue weighted by molar-refractivity contribution is 6.06. The number of aryl methyl sites for hydroxylation is 2. The van der Waals surface area contributed by atoms with E-state index in [1.54, 1.807) is 38.2 Å². The van der Waals surface area contributed by atoms with Crippen molar-refractivity contribution in [3.05, 3.63) is 65.5 Å². The van der Waals surface area contributed by atoms with Crippen LogP contribution in [0.3, 0.4) is 0 Å². The van der Waals surface area contributed by atoms with Crippen LogP contribution in [0, 0.1) is 13.8 Å². The largest absolute Gasteiger partial charge is 0.378 e. The molecule has 3 rings (SSSR count). The summed E-state index contributed by atoms with van der Waals surface area (Å²) >= 11 is 0. The minimum atomic E-state index is -0.468. The Morgan fingerprint density at radius 3 is 2.34 bits per heavy atom. The molecule has 4 N–H and O–H groups in total. The number of carbonyl (C=O) groups is 2. The van der Waals surface area contributed by atoms with Gasteiger partial charge in [-0.05, 0) is 49.7 Å². The molecule has 0 aliphatic carbocycles. The molecule has 0 saturated heterocycles. The Bertz CT molecular complexity index is 1140. The molecule has 0 bridgehead atoms. The molecular formula is C23H27N7O2. The third-order valence-corrected chi connectivity index (χ3v) is 4.70. The Hall–Kier alpha value is -4.14. The van der Waals surface area contributed by atoms with Crippen LogP contribution in [-0.4, -0.2) is 43.0 Å². The average Bonchev–Trinajstić information content (AvgIpc) is 2.74. The van der Waals surface area contributed by atoms with Crippen LogP contribution in [0.4, 0.5) is 33.5 Å². The van der Waals surface area contributed by atoms with Gasteiger partial charge in [0.15, 0.2) is 0 Å². The summed E-state index contributed by atoms with van der Waals surface area (Å²) in [7, 11) is 5.61. The lowest BCUT2D eigenvalue weighted by atomic mass is 10.1. The number of carbonyl (C=O) groups excluding carboxylic acids is 2. The van der Waals surface area contributed by atoms with Crippen LogP contribution < -0.4 is 26.2 Å². The third-order valence-electron chi connectivity index (χ3n) is 4.70. The molecule has 0 spiro atoms. The van der Waals surface area contributed by atoms with Gasteiger partial charge >= 0.3 is 6.03 Å². The summed E-state index contributed by atoms with van der Waals surface area (Å²) in [6, 6.07) is 13.9. The van der Waals surface area contributed by atoms with Crippen LogP contribution in [0.15, 0.2) is 48.5 Å². The van der Waals surface area contributed by atoms with E-state index in [0.29, 0.717) is 34.4 Å². The van der Waals surface area contributed by atoms with Crippen molar-refractivity contribution >= 4 is 40.6 Å². The highest BCUT2D eigenvalue weighted by Gasteiger charge is 2.12. The van der Waals surface area contributed by atoms with Crippen molar-refractivity contribution in [1.82, 2.24) is 9.97 Å².